The van der Waals surface area contributed by atoms with Crippen LogP contribution in [0.1, 0.15) is 0 Å². The molecule has 0 bridgehead atoms. The lowest BCUT2D eigenvalue weighted by Gasteiger charge is -1.88. The van der Waals surface area contributed by atoms with E-state index in [1.807, 2.05) is 0 Å². The van der Waals surface area contributed by atoms with Gasteiger partial charge in [0.25, 0.3) is 0 Å². The van der Waals surface area contributed by atoms with Crippen molar-refractivity contribution in [1.29, 1.82) is 0 Å². The highest BCUT2D eigenvalue weighted by Gasteiger charge is 1.99. The number of halogens is 6. The molecule has 2 aromatic heterocycles. The van der Waals surface area contributed by atoms with Gasteiger partial charge in [0.05, 0.1) is 0 Å². The van der Waals surface area contributed by atoms with E-state index in [4.69, 9.17) is 58.0 Å². The predicted molar refractivity (Wildman–Crippen MR) is 64.7 cm³/mol. The second kappa shape index (κ2) is 7.10. The third-order valence-electron chi connectivity index (χ3n) is 1.11. The summed E-state index contributed by atoms with van der Waals surface area (Å²) >= 11 is 26.3. The van der Waals surface area contributed by atoms with Crippen LogP contribution >= 0.6 is 58.0 Å². The third kappa shape index (κ3) is 5.83. The lowest BCUT2D eigenvalue weighted by atomic mass is 11.0. The van der Waals surface area contributed by atoms with Crippen molar-refractivity contribution in [3.63, 3.8) is 0 Å². The van der Waals surface area contributed by atoms with E-state index < -0.39 is 6.08 Å². The lowest BCUT2D eigenvalue weighted by Crippen LogP contribution is -1.92. The van der Waals surface area contributed by atoms with E-state index in [9.17, 15) is 4.39 Å². The molecule has 18 heavy (non-hydrogen) atoms. The van der Waals surface area contributed by atoms with Crippen molar-refractivity contribution < 1.29 is 4.39 Å². The standard InChI is InChI=1S/C3Cl3N3.C3Cl2FN3/c2*4-1-7-2(5)9-3(6)8-1. The van der Waals surface area contributed by atoms with E-state index >= 15 is 0 Å². The van der Waals surface area contributed by atoms with E-state index in [1.54, 1.807) is 0 Å². The van der Waals surface area contributed by atoms with Gasteiger partial charge in [0.2, 0.25) is 26.4 Å². The molecule has 0 unspecified atom stereocenters. The van der Waals surface area contributed by atoms with Gasteiger partial charge in [-0.1, -0.05) is 0 Å². The molecule has 0 aliphatic heterocycles. The molecule has 12 heteroatoms. The number of aromatic nitrogens is 6. The number of rotatable bonds is 0. The minimum absolute atomic E-state index is 0.000000000000000444. The first kappa shape index (κ1) is 15.5. The van der Waals surface area contributed by atoms with Gasteiger partial charge in [-0.3, -0.25) is 0 Å². The number of nitrogens with zero attached hydrogens (tertiary/aromatic N) is 6. The Morgan fingerprint density at radius 2 is 0.722 bits per heavy atom. The molecule has 2 aromatic rings. The van der Waals surface area contributed by atoms with Crippen molar-refractivity contribution >= 4 is 58.0 Å². The summed E-state index contributed by atoms with van der Waals surface area (Å²) in [5, 5.41) is -0.486. The third-order valence-corrected chi connectivity index (χ3v) is 1.95. The van der Waals surface area contributed by atoms with Gasteiger partial charge in [0.1, 0.15) is 0 Å². The molecule has 0 aliphatic rings. The lowest BCUT2D eigenvalue weighted by molar-refractivity contribution is 0.532. The normalized spacial score (nSPS) is 9.67. The first-order valence-electron chi connectivity index (χ1n) is 3.82. The van der Waals surface area contributed by atoms with E-state index in [1.165, 1.54) is 0 Å². The van der Waals surface area contributed by atoms with E-state index in [-0.39, 0.29) is 26.4 Å². The van der Waals surface area contributed by atoms with Crippen molar-refractivity contribution in [2.75, 3.05) is 0 Å². The van der Waals surface area contributed by atoms with Crippen LogP contribution in [0.15, 0.2) is 0 Å². The Kier molecular flexibility index (Phi) is 6.10. The van der Waals surface area contributed by atoms with Crippen molar-refractivity contribution in [3.8, 4) is 0 Å². The molecule has 0 spiro atoms. The largest absolute Gasteiger partial charge is 0.314 e. The van der Waals surface area contributed by atoms with Crippen LogP contribution in [0, 0.1) is 6.08 Å². The summed E-state index contributed by atoms with van der Waals surface area (Å²) in [6.45, 7) is 0. The van der Waals surface area contributed by atoms with Crippen LogP contribution in [0.25, 0.3) is 0 Å². The van der Waals surface area contributed by atoms with Crippen LogP contribution in [0.4, 0.5) is 4.39 Å². The molecule has 96 valence electrons. The van der Waals surface area contributed by atoms with Crippen LogP contribution in [0.2, 0.25) is 26.4 Å². The maximum absolute atomic E-state index is 12.0. The molecule has 0 fully saturated rings. The average Bonchev–Trinajstić information content (AvgIpc) is 2.12. The highest BCUT2D eigenvalue weighted by Crippen LogP contribution is 2.08. The molecule has 0 radical (unpaired) electrons. The zero-order valence-corrected chi connectivity index (χ0v) is 11.7. The monoisotopic (exact) mass is 350 g/mol. The molecule has 0 N–H and O–H groups in total. The molecular weight excluding hydrogens is 352 g/mol. The summed E-state index contributed by atoms with van der Waals surface area (Å²) in [7, 11) is 0. The Bertz CT molecular complexity index is 404. The fourth-order valence-electron chi connectivity index (χ4n) is 0.607. The summed E-state index contributed by atoms with van der Waals surface area (Å²) in [5.74, 6) is 0. The summed E-state index contributed by atoms with van der Waals surface area (Å²) in [6, 6.07) is 0. The van der Waals surface area contributed by atoms with Crippen LogP contribution < -0.4 is 0 Å². The Morgan fingerprint density at radius 3 is 0.944 bits per heavy atom. The molecule has 2 heterocycles. The maximum Gasteiger partial charge on any atom is 0.314 e. The first-order chi connectivity index (χ1) is 8.36. The molecule has 2 rings (SSSR count). The van der Waals surface area contributed by atoms with E-state index in [2.05, 4.69) is 29.9 Å². The SMILES string of the molecule is Clc1nc(Cl)nc(Cl)n1.Fc1nc(Cl)nc(Cl)n1. The minimum Gasteiger partial charge on any atom is -0.187 e. The second-order valence-corrected chi connectivity index (χ2v) is 3.98. The van der Waals surface area contributed by atoms with Gasteiger partial charge in [-0.25, -0.2) is 0 Å². The molecule has 0 atom stereocenters. The predicted octanol–water partition coefficient (Wildman–Crippen LogP) is 3.15. The minimum atomic E-state index is -0.972. The van der Waals surface area contributed by atoms with Gasteiger partial charge in [-0.05, 0) is 58.0 Å². The Balaban J connectivity index is 0.000000180. The summed E-state index contributed by atoms with van der Waals surface area (Å²) in [6.07, 6.45) is -0.972. The highest BCUT2D eigenvalue weighted by atomic mass is 35.5. The van der Waals surface area contributed by atoms with Crippen LogP contribution in [-0.2, 0) is 0 Å². The fraction of sp³-hybridized carbons (Fsp3) is 0. The van der Waals surface area contributed by atoms with Gasteiger partial charge in [-0.2, -0.15) is 34.3 Å². The van der Waals surface area contributed by atoms with Gasteiger partial charge in [0, 0.05) is 0 Å². The van der Waals surface area contributed by atoms with Crippen molar-refractivity contribution in [1.82, 2.24) is 29.9 Å². The zero-order valence-electron chi connectivity index (χ0n) is 7.95. The number of hydrogen-bond donors (Lipinski definition) is 0. The summed E-state index contributed by atoms with van der Waals surface area (Å²) < 4.78 is 12.0. The summed E-state index contributed by atoms with van der Waals surface area (Å²) in [5.41, 5.74) is 0. The molecule has 6 nitrogen and oxygen atoms in total. The maximum atomic E-state index is 12.0. The van der Waals surface area contributed by atoms with Gasteiger partial charge < -0.3 is 0 Å². The second-order valence-electron chi connectivity index (χ2n) is 2.29. The van der Waals surface area contributed by atoms with Gasteiger partial charge in [0.15, 0.2) is 0 Å². The van der Waals surface area contributed by atoms with Gasteiger partial charge in [-0.15, -0.1) is 0 Å². The van der Waals surface area contributed by atoms with Crippen molar-refractivity contribution in [3.05, 3.63) is 32.5 Å². The highest BCUT2D eigenvalue weighted by molar-refractivity contribution is 6.33. The van der Waals surface area contributed by atoms with Crippen LogP contribution in [-0.4, -0.2) is 29.9 Å². The molecular formula is C6Cl5FN6. The van der Waals surface area contributed by atoms with Crippen LogP contribution in [0.3, 0.4) is 0 Å². The fourth-order valence-corrected chi connectivity index (χ4v) is 1.56. The quantitative estimate of drug-likeness (QED) is 0.725. The van der Waals surface area contributed by atoms with E-state index in [0.717, 1.165) is 0 Å². The summed E-state index contributed by atoms with van der Waals surface area (Å²) in [4.78, 5) is 19.7. The van der Waals surface area contributed by atoms with E-state index in [0.29, 0.717) is 0 Å². The van der Waals surface area contributed by atoms with Crippen LogP contribution in [0.5, 0.6) is 0 Å². The van der Waals surface area contributed by atoms with Crippen molar-refractivity contribution in [2.24, 2.45) is 0 Å². The molecule has 0 saturated heterocycles. The Labute approximate surface area is 124 Å². The molecule has 0 aromatic carbocycles. The first-order valence-corrected chi connectivity index (χ1v) is 5.71. The Hall–Kier alpha value is -0.600. The molecule has 0 amide bonds. The molecule has 0 saturated carbocycles. The van der Waals surface area contributed by atoms with Crippen molar-refractivity contribution in [2.45, 2.75) is 0 Å². The topological polar surface area (TPSA) is 77.3 Å². The van der Waals surface area contributed by atoms with Gasteiger partial charge >= 0.3 is 6.08 Å². The number of hydrogen-bond acceptors (Lipinski definition) is 6. The Morgan fingerprint density at radius 1 is 0.500 bits per heavy atom. The molecule has 0 aliphatic carbocycles. The smallest absolute Gasteiger partial charge is 0.187 e. The zero-order chi connectivity index (χ0) is 13.7. The average molecular weight is 352 g/mol.